The van der Waals surface area contributed by atoms with Crippen molar-refractivity contribution in [2.45, 2.75) is 13.5 Å². The Hall–Kier alpha value is -1.93. The summed E-state index contributed by atoms with van der Waals surface area (Å²) in [5, 5.41) is 1.92. The molecule has 0 amide bonds. The van der Waals surface area contributed by atoms with Crippen LogP contribution in [0, 0.1) is 0 Å². The normalized spacial score (nSPS) is 10.9. The number of hydrogen-bond donors (Lipinski definition) is 0. The number of halogens is 1. The van der Waals surface area contributed by atoms with Gasteiger partial charge >= 0.3 is 0 Å². The first-order chi connectivity index (χ1) is 9.78. The average molecular weight is 286 g/mol. The second kappa shape index (κ2) is 5.59. The summed E-state index contributed by atoms with van der Waals surface area (Å²) in [5.41, 5.74) is 2.42. The minimum Gasteiger partial charge on any atom is -0.493 e. The van der Waals surface area contributed by atoms with Crippen LogP contribution in [0.2, 0.25) is 5.02 Å². The molecule has 0 atom stereocenters. The smallest absolute Gasteiger partial charge is 0.128 e. The summed E-state index contributed by atoms with van der Waals surface area (Å²) in [6.07, 6.45) is 2.10. The third-order valence-corrected chi connectivity index (χ3v) is 3.59. The molecule has 2 nitrogen and oxygen atoms in total. The Labute approximate surface area is 123 Å². The second-order valence-corrected chi connectivity index (χ2v) is 5.13. The molecular weight excluding hydrogens is 270 g/mol. The zero-order valence-corrected chi connectivity index (χ0v) is 12.1. The molecule has 1 heterocycles. The van der Waals surface area contributed by atoms with E-state index in [4.69, 9.17) is 16.3 Å². The van der Waals surface area contributed by atoms with E-state index in [1.165, 1.54) is 11.1 Å². The van der Waals surface area contributed by atoms with Crippen LogP contribution in [0.5, 0.6) is 5.75 Å². The average Bonchev–Trinajstić information content (AvgIpc) is 2.86. The summed E-state index contributed by atoms with van der Waals surface area (Å²) in [7, 11) is 0. The van der Waals surface area contributed by atoms with Crippen molar-refractivity contribution in [2.75, 3.05) is 6.61 Å². The molecule has 0 saturated carbocycles. The minimum atomic E-state index is 0.682. The molecule has 0 bridgehead atoms. The molecule has 102 valence electrons. The molecule has 0 radical (unpaired) electrons. The molecule has 0 spiro atoms. The molecule has 3 heteroatoms. The van der Waals surface area contributed by atoms with Gasteiger partial charge in [-0.3, -0.25) is 0 Å². The van der Waals surface area contributed by atoms with Gasteiger partial charge in [0.25, 0.3) is 0 Å². The van der Waals surface area contributed by atoms with E-state index < -0.39 is 0 Å². The van der Waals surface area contributed by atoms with Gasteiger partial charge in [0.05, 0.1) is 12.1 Å². The summed E-state index contributed by atoms with van der Waals surface area (Å²) in [6.45, 7) is 3.52. The third kappa shape index (κ3) is 2.52. The van der Waals surface area contributed by atoms with E-state index in [1.807, 2.05) is 31.2 Å². The van der Waals surface area contributed by atoms with Crippen molar-refractivity contribution in [3.63, 3.8) is 0 Å². The van der Waals surface area contributed by atoms with Crippen LogP contribution in [0.3, 0.4) is 0 Å². The van der Waals surface area contributed by atoms with Gasteiger partial charge in [-0.05, 0) is 42.8 Å². The first-order valence-electron chi connectivity index (χ1n) is 6.73. The maximum atomic E-state index is 5.92. The standard InChI is InChI=1S/C17H16ClNO/c1-2-20-17-5-3-4-16-15(17)10-11-19(16)12-13-6-8-14(18)9-7-13/h3-11H,2,12H2,1H3. The molecule has 2 aromatic carbocycles. The van der Waals surface area contributed by atoms with E-state index in [9.17, 15) is 0 Å². The van der Waals surface area contributed by atoms with E-state index in [2.05, 4.69) is 35.0 Å². The molecule has 0 aliphatic carbocycles. The number of ether oxygens (including phenoxy) is 1. The number of hydrogen-bond acceptors (Lipinski definition) is 1. The molecule has 1 aromatic heterocycles. The third-order valence-electron chi connectivity index (χ3n) is 3.34. The molecule has 3 rings (SSSR count). The van der Waals surface area contributed by atoms with Crippen molar-refractivity contribution in [3.8, 4) is 5.75 Å². The maximum absolute atomic E-state index is 5.92. The molecule has 20 heavy (non-hydrogen) atoms. The first kappa shape index (κ1) is 13.1. The minimum absolute atomic E-state index is 0.682. The van der Waals surface area contributed by atoms with Crippen LogP contribution in [0.4, 0.5) is 0 Å². The number of nitrogens with zero attached hydrogens (tertiary/aromatic N) is 1. The van der Waals surface area contributed by atoms with Gasteiger partial charge in [-0.15, -0.1) is 0 Å². The highest BCUT2D eigenvalue weighted by Crippen LogP contribution is 2.27. The van der Waals surface area contributed by atoms with Crippen molar-refractivity contribution in [2.24, 2.45) is 0 Å². The number of fused-ring (bicyclic) bond motifs is 1. The van der Waals surface area contributed by atoms with Crippen LogP contribution < -0.4 is 4.74 Å². The number of aromatic nitrogens is 1. The van der Waals surface area contributed by atoms with Crippen LogP contribution in [-0.2, 0) is 6.54 Å². The largest absolute Gasteiger partial charge is 0.493 e. The summed E-state index contributed by atoms with van der Waals surface area (Å²) in [5.74, 6) is 0.944. The zero-order chi connectivity index (χ0) is 13.9. The van der Waals surface area contributed by atoms with Crippen molar-refractivity contribution >= 4 is 22.5 Å². The van der Waals surface area contributed by atoms with Crippen LogP contribution in [0.15, 0.2) is 54.7 Å². The van der Waals surface area contributed by atoms with Crippen LogP contribution in [0.25, 0.3) is 10.9 Å². The number of rotatable bonds is 4. The molecule has 0 aliphatic heterocycles. The number of benzene rings is 2. The predicted molar refractivity (Wildman–Crippen MR) is 83.7 cm³/mol. The van der Waals surface area contributed by atoms with E-state index in [0.717, 1.165) is 22.7 Å². The van der Waals surface area contributed by atoms with Crippen molar-refractivity contribution in [1.82, 2.24) is 4.57 Å². The topological polar surface area (TPSA) is 14.2 Å². The van der Waals surface area contributed by atoms with Gasteiger partial charge in [-0.1, -0.05) is 29.8 Å². The lowest BCUT2D eigenvalue weighted by atomic mass is 10.2. The highest BCUT2D eigenvalue weighted by Gasteiger charge is 2.06. The molecule has 0 N–H and O–H groups in total. The Morgan fingerprint density at radius 3 is 2.60 bits per heavy atom. The highest BCUT2D eigenvalue weighted by atomic mass is 35.5. The fraction of sp³-hybridized carbons (Fsp3) is 0.176. The Kier molecular flexibility index (Phi) is 3.66. The van der Waals surface area contributed by atoms with E-state index >= 15 is 0 Å². The Bertz CT molecular complexity index is 715. The molecule has 0 unspecified atom stereocenters. The van der Waals surface area contributed by atoms with Gasteiger partial charge in [0, 0.05) is 23.2 Å². The molecule has 0 saturated heterocycles. The molecule has 3 aromatic rings. The van der Waals surface area contributed by atoms with Crippen molar-refractivity contribution in [1.29, 1.82) is 0 Å². The first-order valence-corrected chi connectivity index (χ1v) is 7.11. The fourth-order valence-corrected chi connectivity index (χ4v) is 2.53. The monoisotopic (exact) mass is 285 g/mol. The van der Waals surface area contributed by atoms with Gasteiger partial charge in [-0.2, -0.15) is 0 Å². The lowest BCUT2D eigenvalue weighted by Gasteiger charge is -2.08. The van der Waals surface area contributed by atoms with E-state index in [-0.39, 0.29) is 0 Å². The van der Waals surface area contributed by atoms with E-state index in [0.29, 0.717) is 6.61 Å². The quantitative estimate of drug-likeness (QED) is 0.675. The summed E-state index contributed by atoms with van der Waals surface area (Å²) >= 11 is 5.92. The fourth-order valence-electron chi connectivity index (χ4n) is 2.40. The lowest BCUT2D eigenvalue weighted by Crippen LogP contribution is -1.98. The Morgan fingerprint density at radius 1 is 1.05 bits per heavy atom. The molecule has 0 fully saturated rings. The van der Waals surface area contributed by atoms with Crippen LogP contribution in [-0.4, -0.2) is 11.2 Å². The summed E-state index contributed by atoms with van der Waals surface area (Å²) in [4.78, 5) is 0. The summed E-state index contributed by atoms with van der Waals surface area (Å²) in [6, 6.07) is 16.2. The van der Waals surface area contributed by atoms with Crippen LogP contribution >= 0.6 is 11.6 Å². The van der Waals surface area contributed by atoms with E-state index in [1.54, 1.807) is 0 Å². The highest BCUT2D eigenvalue weighted by molar-refractivity contribution is 6.30. The molecule has 0 aliphatic rings. The molecular formula is C17H16ClNO. The van der Waals surface area contributed by atoms with Gasteiger partial charge in [0.2, 0.25) is 0 Å². The van der Waals surface area contributed by atoms with Crippen molar-refractivity contribution in [3.05, 3.63) is 65.3 Å². The second-order valence-electron chi connectivity index (χ2n) is 4.69. The Morgan fingerprint density at radius 2 is 1.85 bits per heavy atom. The SMILES string of the molecule is CCOc1cccc2c1ccn2Cc1ccc(Cl)cc1. The van der Waals surface area contributed by atoms with Gasteiger partial charge < -0.3 is 9.30 Å². The van der Waals surface area contributed by atoms with Crippen LogP contribution in [0.1, 0.15) is 12.5 Å². The van der Waals surface area contributed by atoms with Crippen molar-refractivity contribution < 1.29 is 4.74 Å². The summed E-state index contributed by atoms with van der Waals surface area (Å²) < 4.78 is 7.89. The van der Waals surface area contributed by atoms with Gasteiger partial charge in [-0.25, -0.2) is 0 Å². The van der Waals surface area contributed by atoms with Gasteiger partial charge in [0.15, 0.2) is 0 Å². The maximum Gasteiger partial charge on any atom is 0.128 e. The Balaban J connectivity index is 1.96. The lowest BCUT2D eigenvalue weighted by molar-refractivity contribution is 0.344. The zero-order valence-electron chi connectivity index (χ0n) is 11.3. The van der Waals surface area contributed by atoms with Gasteiger partial charge in [0.1, 0.15) is 5.75 Å². The predicted octanol–water partition coefficient (Wildman–Crippen LogP) is 4.74.